The fourth-order valence-corrected chi connectivity index (χ4v) is 4.19. The van der Waals surface area contributed by atoms with Crippen LogP contribution < -0.4 is 10.2 Å². The molecule has 3 N–H and O–H groups in total. The fraction of sp³-hybridized carbons (Fsp3) is 0.214. The van der Waals surface area contributed by atoms with E-state index in [4.69, 9.17) is 16.6 Å². The zero-order valence-corrected chi connectivity index (χ0v) is 20.1. The molecule has 180 valence electrons. The lowest BCUT2D eigenvalue weighted by Gasteiger charge is -2.35. The number of nitrogens with one attached hydrogen (secondary N) is 1. The summed E-state index contributed by atoms with van der Waals surface area (Å²) in [7, 11) is 0. The molecule has 4 rings (SSSR count). The highest BCUT2D eigenvalue weighted by molar-refractivity contribution is 5.94. The van der Waals surface area contributed by atoms with Gasteiger partial charge in [-0.2, -0.15) is 5.26 Å². The summed E-state index contributed by atoms with van der Waals surface area (Å²) < 4.78 is 5.64. The van der Waals surface area contributed by atoms with Gasteiger partial charge < -0.3 is 19.9 Å². The molecule has 0 spiro atoms. The summed E-state index contributed by atoms with van der Waals surface area (Å²) >= 11 is 0. The zero-order chi connectivity index (χ0) is 25.5. The molecule has 0 aliphatic carbocycles. The van der Waals surface area contributed by atoms with E-state index in [-0.39, 0.29) is 11.5 Å². The van der Waals surface area contributed by atoms with Crippen molar-refractivity contribution in [3.05, 3.63) is 88.6 Å². The van der Waals surface area contributed by atoms with Crippen LogP contribution in [0.4, 0.5) is 5.82 Å². The Morgan fingerprint density at radius 2 is 1.97 bits per heavy atom. The van der Waals surface area contributed by atoms with Crippen LogP contribution in [0.2, 0.25) is 0 Å². The van der Waals surface area contributed by atoms with Gasteiger partial charge in [-0.15, -0.1) is 6.42 Å². The lowest BCUT2D eigenvalue weighted by atomic mass is 9.98. The van der Waals surface area contributed by atoms with Gasteiger partial charge in [-0.25, -0.2) is 4.98 Å². The number of ether oxygens (including phenoxy) is 1. The number of hydrogen-bond donors (Lipinski definition) is 2. The van der Waals surface area contributed by atoms with Crippen LogP contribution >= 0.6 is 0 Å². The molecular weight excluding hydrogens is 452 g/mol. The van der Waals surface area contributed by atoms with Gasteiger partial charge in [0.15, 0.2) is 11.5 Å². The molecule has 1 amide bonds. The van der Waals surface area contributed by atoms with Crippen LogP contribution in [-0.2, 0) is 4.74 Å². The Morgan fingerprint density at radius 3 is 2.56 bits per heavy atom. The van der Waals surface area contributed by atoms with Gasteiger partial charge in [0.25, 0.3) is 5.91 Å². The number of amides is 1. The Balaban J connectivity index is 1.47. The average molecular weight is 480 g/mol. The minimum atomic E-state index is -0.000941. The van der Waals surface area contributed by atoms with Gasteiger partial charge in [-0.05, 0) is 49.4 Å². The van der Waals surface area contributed by atoms with Crippen molar-refractivity contribution in [2.24, 2.45) is 0 Å². The van der Waals surface area contributed by atoms with Crippen LogP contribution in [0.1, 0.15) is 28.4 Å². The van der Waals surface area contributed by atoms with Crippen LogP contribution in [-0.4, -0.2) is 54.8 Å². The van der Waals surface area contributed by atoms with E-state index in [1.165, 1.54) is 0 Å². The van der Waals surface area contributed by atoms with E-state index >= 15 is 0 Å². The van der Waals surface area contributed by atoms with Crippen LogP contribution in [0.3, 0.4) is 0 Å². The first kappa shape index (κ1) is 24.5. The number of rotatable bonds is 6. The van der Waals surface area contributed by atoms with E-state index in [1.54, 1.807) is 42.0 Å². The molecular formula is C28H27N6O2+. The van der Waals surface area contributed by atoms with Gasteiger partial charge in [0, 0.05) is 60.9 Å². The van der Waals surface area contributed by atoms with E-state index in [1.807, 2.05) is 30.0 Å². The van der Waals surface area contributed by atoms with E-state index in [2.05, 4.69) is 21.9 Å². The molecule has 1 aromatic carbocycles. The van der Waals surface area contributed by atoms with Gasteiger partial charge in [-0.3, -0.25) is 10.1 Å². The Morgan fingerprint density at radius 1 is 1.22 bits per heavy atom. The normalized spacial score (nSPS) is 16.8. The molecule has 36 heavy (non-hydrogen) atoms. The molecule has 2 aliphatic rings. The molecule has 2 aromatic rings. The predicted octanol–water partition coefficient (Wildman–Crippen LogP) is 2.29. The van der Waals surface area contributed by atoms with E-state index < -0.39 is 0 Å². The number of quaternary nitrogens is 1. The molecule has 0 radical (unpaired) electrons. The first-order valence-electron chi connectivity index (χ1n) is 11.7. The third-order valence-corrected chi connectivity index (χ3v) is 6.11. The Kier molecular flexibility index (Phi) is 7.60. The molecule has 0 bridgehead atoms. The van der Waals surface area contributed by atoms with Crippen molar-refractivity contribution in [2.45, 2.75) is 6.92 Å². The first-order chi connectivity index (χ1) is 17.6. The predicted molar refractivity (Wildman–Crippen MR) is 138 cm³/mol. The summed E-state index contributed by atoms with van der Waals surface area (Å²) in [5.41, 5.74) is 3.93. The molecule has 3 heterocycles. The molecule has 1 saturated heterocycles. The maximum absolute atomic E-state index is 12.8. The van der Waals surface area contributed by atoms with Gasteiger partial charge in [-0.1, -0.05) is 5.92 Å². The highest BCUT2D eigenvalue weighted by atomic mass is 16.5. The number of anilines is 1. The van der Waals surface area contributed by atoms with Crippen LogP contribution in [0.25, 0.3) is 5.57 Å². The first-order valence-corrected chi connectivity index (χ1v) is 11.7. The number of allylic oxidation sites excluding steroid dienone is 3. The molecule has 2 aliphatic heterocycles. The third kappa shape index (κ3) is 5.20. The number of hydrogen-bond acceptors (Lipinski definition) is 6. The van der Waals surface area contributed by atoms with Gasteiger partial charge in [0.1, 0.15) is 23.7 Å². The zero-order valence-electron chi connectivity index (χ0n) is 20.1. The van der Waals surface area contributed by atoms with E-state index in [0.717, 1.165) is 28.7 Å². The summed E-state index contributed by atoms with van der Waals surface area (Å²) in [5, 5.41) is 18.9. The van der Waals surface area contributed by atoms with E-state index in [9.17, 15) is 10.1 Å². The minimum Gasteiger partial charge on any atom is -0.488 e. The second kappa shape index (κ2) is 11.2. The molecule has 1 fully saturated rings. The summed E-state index contributed by atoms with van der Waals surface area (Å²) in [6.45, 7) is 4.98. The topological polar surface area (TPSA) is 110 Å². The standard InChI is InChI=1S/C28H26N6O2/c1-3-20-5-7-21(8-6-20)28(35)34-13-11-33(12-14-34)26-10-9-22(18-31-26)25-15-24(36-4-2)19-32-27(25)23(16-29)17-30/h1,5-10,15-16,18-19,29,32H,4,11-14H2,2H3/p+1. The second-order valence-corrected chi connectivity index (χ2v) is 8.22. The summed E-state index contributed by atoms with van der Waals surface area (Å²) in [6, 6.07) is 13.1. The third-order valence-electron chi connectivity index (χ3n) is 6.11. The maximum Gasteiger partial charge on any atom is 0.253 e. The number of nitriles is 1. The molecule has 0 atom stereocenters. The van der Waals surface area contributed by atoms with Crippen LogP contribution in [0, 0.1) is 29.1 Å². The average Bonchev–Trinajstić information content (AvgIpc) is 2.94. The number of nitrogens with zero attached hydrogens (tertiary/aromatic N) is 4. The maximum atomic E-state index is 12.8. The number of piperazine rings is 1. The van der Waals surface area contributed by atoms with Crippen molar-refractivity contribution in [3.8, 4) is 18.4 Å². The van der Waals surface area contributed by atoms with Crippen molar-refractivity contribution in [1.29, 1.82) is 10.7 Å². The van der Waals surface area contributed by atoms with Crippen molar-refractivity contribution >= 4 is 23.5 Å². The van der Waals surface area contributed by atoms with Crippen molar-refractivity contribution in [2.75, 3.05) is 37.7 Å². The summed E-state index contributed by atoms with van der Waals surface area (Å²) in [5.74, 6) is 4.08. The Labute approximate surface area is 210 Å². The number of benzene rings is 1. The molecule has 8 heteroatoms. The minimum absolute atomic E-state index is 0.000941. The number of nitrogens with two attached hydrogens (primary N) is 1. The smallest absolute Gasteiger partial charge is 0.253 e. The Bertz CT molecular complexity index is 1320. The lowest BCUT2D eigenvalue weighted by molar-refractivity contribution is -0.531. The number of aromatic nitrogens is 1. The lowest BCUT2D eigenvalue weighted by Crippen LogP contribution is -2.77. The summed E-state index contributed by atoms with van der Waals surface area (Å²) in [6.07, 6.45) is 11.9. The number of carbonyl (C=O) groups excluding carboxylic acids is 1. The molecule has 0 unspecified atom stereocenters. The van der Waals surface area contributed by atoms with E-state index in [0.29, 0.717) is 49.8 Å². The van der Waals surface area contributed by atoms with Gasteiger partial charge in [0.2, 0.25) is 0 Å². The molecule has 8 nitrogen and oxygen atoms in total. The van der Waals surface area contributed by atoms with Crippen LogP contribution in [0.15, 0.2) is 71.9 Å². The van der Waals surface area contributed by atoms with Crippen LogP contribution in [0.5, 0.6) is 0 Å². The SMILES string of the molecule is C#Cc1ccc(C(=O)N2CCN(c3ccc(C4=CC(OCC)=C[NH2+]C4=C(C#N)C=N)cn3)CC2)cc1. The summed E-state index contributed by atoms with van der Waals surface area (Å²) in [4.78, 5) is 21.5. The highest BCUT2D eigenvalue weighted by Crippen LogP contribution is 2.26. The quantitative estimate of drug-likeness (QED) is 0.375. The van der Waals surface area contributed by atoms with Crippen molar-refractivity contribution < 1.29 is 14.8 Å². The number of carbonyl (C=O) groups is 1. The largest absolute Gasteiger partial charge is 0.488 e. The van der Waals surface area contributed by atoms with Crippen molar-refractivity contribution in [3.63, 3.8) is 0 Å². The Hall–Kier alpha value is -4.66. The highest BCUT2D eigenvalue weighted by Gasteiger charge is 2.25. The van der Waals surface area contributed by atoms with Gasteiger partial charge >= 0.3 is 0 Å². The second-order valence-electron chi connectivity index (χ2n) is 8.22. The number of terminal acetylenes is 1. The fourth-order valence-electron chi connectivity index (χ4n) is 4.19. The van der Waals surface area contributed by atoms with Crippen molar-refractivity contribution in [1.82, 2.24) is 9.88 Å². The molecule has 1 aromatic heterocycles. The monoisotopic (exact) mass is 479 g/mol. The molecule has 0 saturated carbocycles. The number of pyridine rings is 1. The van der Waals surface area contributed by atoms with Gasteiger partial charge in [0.05, 0.1) is 6.61 Å².